The quantitative estimate of drug-likeness (QED) is 0.672. The summed E-state index contributed by atoms with van der Waals surface area (Å²) in [5, 5.41) is 0. The summed E-state index contributed by atoms with van der Waals surface area (Å²) in [6.45, 7) is 6.07. The lowest BCUT2D eigenvalue weighted by Crippen LogP contribution is -2.29. The van der Waals surface area contributed by atoms with E-state index in [1.807, 2.05) is 19.6 Å². The lowest BCUT2D eigenvalue weighted by Gasteiger charge is -2.10. The van der Waals surface area contributed by atoms with Crippen LogP contribution in [-0.2, 0) is 10.0 Å². The van der Waals surface area contributed by atoms with Gasteiger partial charge in [-0.3, -0.25) is 4.72 Å². The van der Waals surface area contributed by atoms with Crippen LogP contribution in [0.15, 0.2) is 24.3 Å². The average molecular weight is 321 g/mol. The van der Waals surface area contributed by atoms with Gasteiger partial charge in [0.05, 0.1) is 5.69 Å². The van der Waals surface area contributed by atoms with Crippen LogP contribution >= 0.6 is 0 Å². The van der Waals surface area contributed by atoms with Crippen molar-refractivity contribution in [2.75, 3.05) is 4.72 Å². The summed E-state index contributed by atoms with van der Waals surface area (Å²) >= 11 is 0. The molecule has 0 aromatic heterocycles. The second-order valence-corrected chi connectivity index (χ2v) is 11.6. The molecule has 0 bridgehead atoms. The van der Waals surface area contributed by atoms with Crippen molar-refractivity contribution in [3.05, 3.63) is 29.8 Å². The Morgan fingerprint density at radius 3 is 2.30 bits per heavy atom. The number of benzene rings is 1. The van der Waals surface area contributed by atoms with Crippen molar-refractivity contribution in [3.8, 4) is 11.5 Å². The van der Waals surface area contributed by atoms with Gasteiger partial charge in [0.15, 0.2) is 0 Å². The van der Waals surface area contributed by atoms with Crippen molar-refractivity contribution in [2.45, 2.75) is 25.1 Å². The largest absolute Gasteiger partial charge is 0.516 e. The molecule has 1 aromatic rings. The molecule has 0 amide bonds. The van der Waals surface area contributed by atoms with Gasteiger partial charge in [0.25, 0.3) is 0 Å². The van der Waals surface area contributed by atoms with Crippen LogP contribution in [0.5, 0.6) is 0 Å². The minimum atomic E-state index is -5.40. The summed E-state index contributed by atoms with van der Waals surface area (Å²) in [5.41, 5.74) is -1.99. The van der Waals surface area contributed by atoms with Gasteiger partial charge in [0.1, 0.15) is 8.07 Å². The molecule has 110 valence electrons. The third kappa shape index (κ3) is 4.90. The molecule has 8 heteroatoms. The molecule has 20 heavy (non-hydrogen) atoms. The standard InChI is InChI=1S/C12H14F3NO2SSi/c1-20(2,3)8-7-10-5-4-6-11(9-10)16-19(17,18)12(13,14)15/h4-6,9,16H,1-3H3. The van der Waals surface area contributed by atoms with Crippen molar-refractivity contribution < 1.29 is 21.6 Å². The molecule has 0 saturated carbocycles. The van der Waals surface area contributed by atoms with Crippen LogP contribution in [0, 0.1) is 11.5 Å². The smallest absolute Gasteiger partial charge is 0.276 e. The Morgan fingerprint density at radius 2 is 1.80 bits per heavy atom. The number of hydrogen-bond acceptors (Lipinski definition) is 2. The predicted molar refractivity (Wildman–Crippen MR) is 75.3 cm³/mol. The van der Waals surface area contributed by atoms with E-state index in [0.717, 1.165) is 0 Å². The Balaban J connectivity index is 3.04. The highest BCUT2D eigenvalue weighted by atomic mass is 32.2. The van der Waals surface area contributed by atoms with E-state index in [-0.39, 0.29) is 5.69 Å². The molecule has 0 heterocycles. The van der Waals surface area contributed by atoms with Gasteiger partial charge < -0.3 is 0 Å². The number of sulfonamides is 1. The predicted octanol–water partition coefficient (Wildman–Crippen LogP) is 3.18. The first-order valence-corrected chi connectivity index (χ1v) is 10.6. The van der Waals surface area contributed by atoms with Gasteiger partial charge in [0.2, 0.25) is 0 Å². The summed E-state index contributed by atoms with van der Waals surface area (Å²) in [4.78, 5) is 0. The highest BCUT2D eigenvalue weighted by Crippen LogP contribution is 2.25. The van der Waals surface area contributed by atoms with Crippen LogP contribution in [0.25, 0.3) is 0 Å². The third-order valence-corrected chi connectivity index (χ3v) is 3.99. The zero-order valence-corrected chi connectivity index (χ0v) is 13.0. The molecule has 0 aliphatic carbocycles. The van der Waals surface area contributed by atoms with Crippen molar-refractivity contribution >= 4 is 23.8 Å². The lowest BCUT2D eigenvalue weighted by atomic mass is 10.2. The molecule has 0 aliphatic rings. The van der Waals surface area contributed by atoms with Gasteiger partial charge >= 0.3 is 15.5 Å². The van der Waals surface area contributed by atoms with E-state index in [9.17, 15) is 21.6 Å². The number of halogens is 3. The molecule has 0 radical (unpaired) electrons. The maximum Gasteiger partial charge on any atom is 0.516 e. The van der Waals surface area contributed by atoms with Crippen molar-refractivity contribution in [3.63, 3.8) is 0 Å². The van der Waals surface area contributed by atoms with Gasteiger partial charge in [-0.1, -0.05) is 31.6 Å². The Bertz CT molecular complexity index is 652. The summed E-state index contributed by atoms with van der Waals surface area (Å²) in [5.74, 6) is 2.85. The second-order valence-electron chi connectivity index (χ2n) is 5.13. The van der Waals surface area contributed by atoms with E-state index in [1.165, 1.54) is 22.9 Å². The summed E-state index contributed by atoms with van der Waals surface area (Å²) in [7, 11) is -7.01. The average Bonchev–Trinajstić information content (AvgIpc) is 2.24. The molecular weight excluding hydrogens is 307 g/mol. The van der Waals surface area contributed by atoms with Crippen molar-refractivity contribution in [1.82, 2.24) is 0 Å². The molecule has 0 unspecified atom stereocenters. The maximum absolute atomic E-state index is 12.3. The normalized spacial score (nSPS) is 12.5. The number of rotatable bonds is 2. The second kappa shape index (κ2) is 5.50. The molecule has 1 aromatic carbocycles. The molecule has 0 atom stereocenters. The fourth-order valence-electron chi connectivity index (χ4n) is 1.13. The first-order valence-electron chi connectivity index (χ1n) is 5.63. The summed E-state index contributed by atoms with van der Waals surface area (Å²) < 4.78 is 60.2. The van der Waals surface area contributed by atoms with Crippen LogP contribution in [0.3, 0.4) is 0 Å². The highest BCUT2D eigenvalue weighted by Gasteiger charge is 2.46. The monoisotopic (exact) mass is 321 g/mol. The van der Waals surface area contributed by atoms with E-state index in [0.29, 0.717) is 5.56 Å². The SMILES string of the molecule is C[Si](C)(C)C#Cc1cccc(NS(=O)(=O)C(F)(F)F)c1. The van der Waals surface area contributed by atoms with Gasteiger partial charge in [-0.05, 0) is 18.2 Å². The Morgan fingerprint density at radius 1 is 1.20 bits per heavy atom. The minimum Gasteiger partial charge on any atom is -0.276 e. The van der Waals surface area contributed by atoms with Crippen LogP contribution in [0.4, 0.5) is 18.9 Å². The maximum atomic E-state index is 12.3. The molecule has 1 N–H and O–H groups in total. The lowest BCUT2D eigenvalue weighted by molar-refractivity contribution is -0.0429. The van der Waals surface area contributed by atoms with Crippen LogP contribution in [0.1, 0.15) is 5.56 Å². The van der Waals surface area contributed by atoms with Crippen LogP contribution in [0.2, 0.25) is 19.6 Å². The van der Waals surface area contributed by atoms with Gasteiger partial charge in [-0.2, -0.15) is 21.6 Å². The molecule has 3 nitrogen and oxygen atoms in total. The van der Waals surface area contributed by atoms with Crippen LogP contribution in [-0.4, -0.2) is 22.0 Å². The third-order valence-electron chi connectivity index (χ3n) is 2.00. The Hall–Kier alpha value is -1.46. The van der Waals surface area contributed by atoms with Crippen molar-refractivity contribution in [1.29, 1.82) is 0 Å². The molecule has 1 rings (SSSR count). The molecule has 0 aliphatic heterocycles. The number of alkyl halides is 3. The molecular formula is C12H14F3NO2SSi. The van der Waals surface area contributed by atoms with Gasteiger partial charge in [-0.25, -0.2) is 0 Å². The van der Waals surface area contributed by atoms with E-state index >= 15 is 0 Å². The fraction of sp³-hybridized carbons (Fsp3) is 0.333. The first-order chi connectivity index (χ1) is 8.91. The zero-order valence-electron chi connectivity index (χ0n) is 11.2. The van der Waals surface area contributed by atoms with Gasteiger partial charge in [0, 0.05) is 5.56 Å². The van der Waals surface area contributed by atoms with E-state index in [2.05, 4.69) is 11.5 Å². The van der Waals surface area contributed by atoms with E-state index in [1.54, 1.807) is 6.07 Å². The van der Waals surface area contributed by atoms with Crippen LogP contribution < -0.4 is 4.72 Å². The Labute approximate surface area is 117 Å². The number of anilines is 1. The summed E-state index contributed by atoms with van der Waals surface area (Å²) in [6, 6.07) is 5.57. The highest BCUT2D eigenvalue weighted by molar-refractivity contribution is 7.93. The summed E-state index contributed by atoms with van der Waals surface area (Å²) in [6.07, 6.45) is 0. The number of hydrogen-bond donors (Lipinski definition) is 1. The molecule has 0 saturated heterocycles. The van der Waals surface area contributed by atoms with E-state index in [4.69, 9.17) is 0 Å². The number of nitrogens with one attached hydrogen (secondary N) is 1. The minimum absolute atomic E-state index is 0.162. The topological polar surface area (TPSA) is 46.2 Å². The van der Waals surface area contributed by atoms with Crippen molar-refractivity contribution in [2.24, 2.45) is 0 Å². The molecule has 0 fully saturated rings. The first kappa shape index (κ1) is 16.6. The molecule has 0 spiro atoms. The van der Waals surface area contributed by atoms with Gasteiger partial charge in [-0.15, -0.1) is 5.54 Å². The zero-order chi connectivity index (χ0) is 15.6. The Kier molecular flexibility index (Phi) is 4.56. The fourth-order valence-corrected chi connectivity index (χ4v) is 2.21. The van der Waals surface area contributed by atoms with E-state index < -0.39 is 23.6 Å².